The maximum absolute atomic E-state index is 12.5. The summed E-state index contributed by atoms with van der Waals surface area (Å²) >= 11 is 0. The summed E-state index contributed by atoms with van der Waals surface area (Å²) in [5.41, 5.74) is 5.88. The molecule has 0 aliphatic carbocycles. The van der Waals surface area contributed by atoms with Gasteiger partial charge in [-0.25, -0.2) is 14.8 Å². The standard InChI is InChI=1S/C24H27N3O3/c1-14-10-15(2)22(21(11-14)29-3)19-8-7-17-18(24(28)30-4)12-20(27-23(17)26-19)16-6-5-9-25-13-16/h7-8,10-12,16,25H,5-6,9,13H2,1-4H3. The van der Waals surface area contributed by atoms with Crippen molar-refractivity contribution >= 4 is 17.0 Å². The van der Waals surface area contributed by atoms with E-state index in [1.165, 1.54) is 7.11 Å². The molecule has 156 valence electrons. The van der Waals surface area contributed by atoms with Crippen LogP contribution in [0.25, 0.3) is 22.3 Å². The van der Waals surface area contributed by atoms with Crippen LogP contribution in [0.1, 0.15) is 45.9 Å². The van der Waals surface area contributed by atoms with E-state index >= 15 is 0 Å². The molecule has 3 aromatic rings. The number of hydrogen-bond donors (Lipinski definition) is 1. The van der Waals surface area contributed by atoms with Gasteiger partial charge in [0.15, 0.2) is 5.65 Å². The molecular weight excluding hydrogens is 378 g/mol. The molecule has 1 N–H and O–H groups in total. The number of pyridine rings is 2. The third kappa shape index (κ3) is 3.75. The summed E-state index contributed by atoms with van der Waals surface area (Å²) in [5, 5.41) is 4.11. The van der Waals surface area contributed by atoms with Gasteiger partial charge in [-0.3, -0.25) is 0 Å². The van der Waals surface area contributed by atoms with Crippen molar-refractivity contribution < 1.29 is 14.3 Å². The van der Waals surface area contributed by atoms with Crippen molar-refractivity contribution in [1.29, 1.82) is 0 Å². The van der Waals surface area contributed by atoms with Gasteiger partial charge in [0.05, 0.1) is 25.5 Å². The molecule has 30 heavy (non-hydrogen) atoms. The van der Waals surface area contributed by atoms with Gasteiger partial charge in [-0.15, -0.1) is 0 Å². The van der Waals surface area contributed by atoms with Crippen molar-refractivity contribution in [2.45, 2.75) is 32.6 Å². The monoisotopic (exact) mass is 405 g/mol. The quantitative estimate of drug-likeness (QED) is 0.657. The van der Waals surface area contributed by atoms with Crippen LogP contribution in [-0.2, 0) is 4.74 Å². The van der Waals surface area contributed by atoms with E-state index in [1.54, 1.807) is 7.11 Å². The summed E-state index contributed by atoms with van der Waals surface area (Å²) in [6.07, 6.45) is 2.13. The molecule has 6 nitrogen and oxygen atoms in total. The van der Waals surface area contributed by atoms with Gasteiger partial charge < -0.3 is 14.8 Å². The third-order valence-electron chi connectivity index (χ3n) is 5.73. The number of aryl methyl sites for hydroxylation is 2. The molecule has 0 saturated carbocycles. The van der Waals surface area contributed by atoms with Crippen molar-refractivity contribution in [1.82, 2.24) is 15.3 Å². The largest absolute Gasteiger partial charge is 0.496 e. The number of piperidine rings is 1. The minimum atomic E-state index is -0.369. The molecule has 6 heteroatoms. The average Bonchev–Trinajstić information content (AvgIpc) is 2.77. The van der Waals surface area contributed by atoms with Gasteiger partial charge in [0.25, 0.3) is 0 Å². The van der Waals surface area contributed by atoms with Crippen molar-refractivity contribution in [3.05, 3.63) is 52.7 Å². The Hall–Kier alpha value is -2.99. The van der Waals surface area contributed by atoms with Crippen molar-refractivity contribution in [3.63, 3.8) is 0 Å². The van der Waals surface area contributed by atoms with E-state index in [-0.39, 0.29) is 11.9 Å². The minimum absolute atomic E-state index is 0.257. The van der Waals surface area contributed by atoms with Gasteiger partial charge >= 0.3 is 5.97 Å². The van der Waals surface area contributed by atoms with Gasteiger partial charge in [0, 0.05) is 29.1 Å². The lowest BCUT2D eigenvalue weighted by molar-refractivity contribution is 0.0602. The molecular formula is C24H27N3O3. The first-order valence-corrected chi connectivity index (χ1v) is 10.3. The Morgan fingerprint density at radius 1 is 1.13 bits per heavy atom. The van der Waals surface area contributed by atoms with Gasteiger partial charge in [-0.05, 0) is 68.6 Å². The summed E-state index contributed by atoms with van der Waals surface area (Å²) < 4.78 is 10.7. The Morgan fingerprint density at radius 3 is 2.67 bits per heavy atom. The highest BCUT2D eigenvalue weighted by molar-refractivity contribution is 6.03. The van der Waals surface area contributed by atoms with Crippen LogP contribution < -0.4 is 10.1 Å². The molecule has 0 amide bonds. The summed E-state index contributed by atoms with van der Waals surface area (Å²) in [6.45, 7) is 5.96. The van der Waals surface area contributed by atoms with E-state index in [0.717, 1.165) is 59.8 Å². The van der Waals surface area contributed by atoms with Crippen LogP contribution in [0.5, 0.6) is 5.75 Å². The number of nitrogens with zero attached hydrogens (tertiary/aromatic N) is 2. The zero-order valence-corrected chi connectivity index (χ0v) is 17.9. The van der Waals surface area contributed by atoms with Crippen molar-refractivity contribution in [3.8, 4) is 17.0 Å². The second kappa shape index (κ2) is 8.40. The zero-order valence-electron chi connectivity index (χ0n) is 17.9. The van der Waals surface area contributed by atoms with E-state index in [4.69, 9.17) is 19.4 Å². The lowest BCUT2D eigenvalue weighted by Gasteiger charge is -2.23. The Labute approximate surface area is 176 Å². The summed E-state index contributed by atoms with van der Waals surface area (Å²) in [5.74, 6) is 0.666. The second-order valence-electron chi connectivity index (χ2n) is 7.86. The fourth-order valence-corrected chi connectivity index (χ4v) is 4.27. The summed E-state index contributed by atoms with van der Waals surface area (Å²) in [7, 11) is 3.07. The molecule has 1 saturated heterocycles. The molecule has 3 heterocycles. The van der Waals surface area contributed by atoms with Crippen LogP contribution in [0, 0.1) is 13.8 Å². The third-order valence-corrected chi connectivity index (χ3v) is 5.73. The van der Waals surface area contributed by atoms with Crippen LogP contribution in [0.3, 0.4) is 0 Å². The maximum Gasteiger partial charge on any atom is 0.338 e. The van der Waals surface area contributed by atoms with Crippen LogP contribution in [0.15, 0.2) is 30.3 Å². The second-order valence-corrected chi connectivity index (χ2v) is 7.86. The van der Waals surface area contributed by atoms with Crippen molar-refractivity contribution in [2.24, 2.45) is 0 Å². The zero-order chi connectivity index (χ0) is 21.3. The Balaban J connectivity index is 1.91. The van der Waals surface area contributed by atoms with Crippen LogP contribution in [-0.4, -0.2) is 43.2 Å². The Bertz CT molecular complexity index is 1100. The molecule has 1 fully saturated rings. The average molecular weight is 405 g/mol. The van der Waals surface area contributed by atoms with Crippen LogP contribution >= 0.6 is 0 Å². The number of nitrogens with one attached hydrogen (secondary N) is 1. The number of aromatic nitrogens is 2. The minimum Gasteiger partial charge on any atom is -0.496 e. The van der Waals surface area contributed by atoms with Gasteiger partial charge in [-0.2, -0.15) is 0 Å². The SMILES string of the molecule is COC(=O)c1cc(C2CCCNC2)nc2nc(-c3c(C)cc(C)cc3OC)ccc12. The number of methoxy groups -OCH3 is 2. The molecule has 1 aromatic carbocycles. The fourth-order valence-electron chi connectivity index (χ4n) is 4.27. The fraction of sp³-hybridized carbons (Fsp3) is 0.375. The van der Waals surface area contributed by atoms with Crippen LogP contribution in [0.4, 0.5) is 0 Å². The molecule has 0 radical (unpaired) electrons. The predicted octanol–water partition coefficient (Wildman–Crippen LogP) is 4.18. The molecule has 4 rings (SSSR count). The highest BCUT2D eigenvalue weighted by Gasteiger charge is 2.22. The van der Waals surface area contributed by atoms with Gasteiger partial charge in [0.2, 0.25) is 0 Å². The number of carbonyl (C=O) groups excluding carboxylic acids is 1. The first-order valence-electron chi connectivity index (χ1n) is 10.3. The highest BCUT2D eigenvalue weighted by atomic mass is 16.5. The van der Waals surface area contributed by atoms with Gasteiger partial charge in [-0.1, -0.05) is 6.07 Å². The van der Waals surface area contributed by atoms with E-state index < -0.39 is 0 Å². The van der Waals surface area contributed by atoms with Crippen LogP contribution in [0.2, 0.25) is 0 Å². The lowest BCUT2D eigenvalue weighted by Crippen LogP contribution is -2.29. The number of carbonyl (C=O) groups is 1. The first-order chi connectivity index (χ1) is 14.5. The maximum atomic E-state index is 12.5. The number of hydrogen-bond acceptors (Lipinski definition) is 6. The molecule has 1 aliphatic rings. The number of rotatable bonds is 4. The normalized spacial score (nSPS) is 16.5. The Morgan fingerprint density at radius 2 is 1.97 bits per heavy atom. The van der Waals surface area contributed by atoms with E-state index in [1.807, 2.05) is 38.1 Å². The number of benzene rings is 1. The molecule has 0 spiro atoms. The number of esters is 1. The van der Waals surface area contributed by atoms with E-state index in [2.05, 4.69) is 11.4 Å². The number of fused-ring (bicyclic) bond motifs is 1. The summed E-state index contributed by atoms with van der Waals surface area (Å²) in [6, 6.07) is 9.80. The van der Waals surface area contributed by atoms with Gasteiger partial charge in [0.1, 0.15) is 5.75 Å². The van der Waals surface area contributed by atoms with Crippen molar-refractivity contribution in [2.75, 3.05) is 27.3 Å². The molecule has 2 aromatic heterocycles. The summed E-state index contributed by atoms with van der Waals surface area (Å²) in [4.78, 5) is 22.2. The highest BCUT2D eigenvalue weighted by Crippen LogP contribution is 2.35. The molecule has 1 unspecified atom stereocenters. The predicted molar refractivity (Wildman–Crippen MR) is 117 cm³/mol. The smallest absolute Gasteiger partial charge is 0.338 e. The number of ether oxygens (including phenoxy) is 2. The lowest BCUT2D eigenvalue weighted by atomic mass is 9.94. The first kappa shape index (κ1) is 20.3. The van der Waals surface area contributed by atoms with E-state index in [0.29, 0.717) is 16.6 Å². The van der Waals surface area contributed by atoms with E-state index in [9.17, 15) is 4.79 Å². The molecule has 1 aliphatic heterocycles. The Kier molecular flexibility index (Phi) is 5.68. The topological polar surface area (TPSA) is 73.3 Å². The molecule has 0 bridgehead atoms. The molecule has 1 atom stereocenters.